The second kappa shape index (κ2) is 8.46. The number of nitrogens with zero attached hydrogens (tertiary/aromatic N) is 5. The van der Waals surface area contributed by atoms with Crippen LogP contribution in [-0.4, -0.2) is 82.1 Å². The third-order valence-electron chi connectivity index (χ3n) is 4.69. The Labute approximate surface area is 154 Å². The summed E-state index contributed by atoms with van der Waals surface area (Å²) >= 11 is 0. The Bertz CT molecular complexity index is 732. The van der Waals surface area contributed by atoms with Gasteiger partial charge in [-0.2, -0.15) is 10.2 Å². The molecule has 8 heteroatoms. The summed E-state index contributed by atoms with van der Waals surface area (Å²) in [6.07, 6.45) is 0.950. The lowest BCUT2D eigenvalue weighted by Gasteiger charge is -2.27. The van der Waals surface area contributed by atoms with Gasteiger partial charge in [0.1, 0.15) is 5.69 Å². The molecule has 1 aliphatic rings. The molecule has 1 aliphatic heterocycles. The zero-order valence-corrected chi connectivity index (χ0v) is 15.9. The number of carbonyl (C=O) groups is 1. The fraction of sp³-hybridized carbons (Fsp3) is 0.611. The summed E-state index contributed by atoms with van der Waals surface area (Å²) in [4.78, 5) is 16.7. The van der Waals surface area contributed by atoms with E-state index in [2.05, 4.69) is 20.2 Å². The first-order valence-electron chi connectivity index (χ1n) is 9.14. The summed E-state index contributed by atoms with van der Waals surface area (Å²) in [6.45, 7) is 9.85. The number of aryl methyl sites for hydroxylation is 2. The minimum absolute atomic E-state index is 0.0529. The molecule has 1 N–H and O–H groups in total. The fourth-order valence-corrected chi connectivity index (χ4v) is 3.20. The molecule has 0 radical (unpaired) electrons. The van der Waals surface area contributed by atoms with E-state index in [4.69, 9.17) is 4.74 Å². The molecule has 1 saturated heterocycles. The first kappa shape index (κ1) is 18.6. The third-order valence-corrected chi connectivity index (χ3v) is 4.69. The molecule has 2 aromatic rings. The summed E-state index contributed by atoms with van der Waals surface area (Å²) in [7, 11) is 1.83. The maximum Gasteiger partial charge on any atom is 0.274 e. The molecular formula is C18H28N6O2. The molecule has 2 aromatic heterocycles. The number of carbonyl (C=O) groups excluding carboxylic acids is 1. The normalized spacial score (nSPS) is 15.3. The van der Waals surface area contributed by atoms with Crippen molar-refractivity contribution in [1.82, 2.24) is 29.8 Å². The van der Waals surface area contributed by atoms with Gasteiger partial charge in [0, 0.05) is 38.9 Å². The number of morpholine rings is 1. The van der Waals surface area contributed by atoms with Crippen LogP contribution >= 0.6 is 0 Å². The summed E-state index contributed by atoms with van der Waals surface area (Å²) in [5.41, 5.74) is 3.40. The van der Waals surface area contributed by atoms with E-state index in [9.17, 15) is 4.79 Å². The number of hydrogen-bond donors (Lipinski definition) is 1. The summed E-state index contributed by atoms with van der Waals surface area (Å²) in [6, 6.07) is 3.85. The minimum Gasteiger partial charge on any atom is -0.379 e. The molecule has 0 aromatic carbocycles. The number of H-pyrrole nitrogens is 1. The molecule has 0 saturated carbocycles. The van der Waals surface area contributed by atoms with Crippen molar-refractivity contribution in [3.05, 3.63) is 34.9 Å². The van der Waals surface area contributed by atoms with Crippen LogP contribution in [0, 0.1) is 13.8 Å². The van der Waals surface area contributed by atoms with E-state index in [1.54, 1.807) is 4.90 Å². The molecule has 0 bridgehead atoms. The largest absolute Gasteiger partial charge is 0.379 e. The van der Waals surface area contributed by atoms with Crippen LogP contribution in [0.5, 0.6) is 0 Å². The van der Waals surface area contributed by atoms with E-state index in [-0.39, 0.29) is 5.91 Å². The lowest BCUT2D eigenvalue weighted by atomic mass is 10.3. The zero-order valence-electron chi connectivity index (χ0n) is 15.9. The summed E-state index contributed by atoms with van der Waals surface area (Å²) in [5, 5.41) is 11.6. The predicted molar refractivity (Wildman–Crippen MR) is 98.2 cm³/mol. The summed E-state index contributed by atoms with van der Waals surface area (Å²) in [5.74, 6) is -0.0529. The van der Waals surface area contributed by atoms with Gasteiger partial charge in [-0.15, -0.1) is 0 Å². The Balaban J connectivity index is 1.49. The van der Waals surface area contributed by atoms with Gasteiger partial charge in [-0.1, -0.05) is 0 Å². The quantitative estimate of drug-likeness (QED) is 0.799. The molecule has 3 rings (SSSR count). The molecule has 1 amide bonds. The molecule has 0 unspecified atom stereocenters. The van der Waals surface area contributed by atoms with E-state index >= 15 is 0 Å². The van der Waals surface area contributed by atoms with Crippen LogP contribution in [0.15, 0.2) is 12.1 Å². The Kier molecular flexibility index (Phi) is 6.05. The van der Waals surface area contributed by atoms with Crippen LogP contribution in [0.4, 0.5) is 0 Å². The SMILES string of the molecule is Cc1cc(C)n(Cc2cc(C(=O)N(C)CCCN3CCOCC3)n[nH]2)n1. The Morgan fingerprint density at radius 2 is 2.08 bits per heavy atom. The first-order valence-corrected chi connectivity index (χ1v) is 9.14. The third kappa shape index (κ3) is 4.70. The smallest absolute Gasteiger partial charge is 0.274 e. The van der Waals surface area contributed by atoms with E-state index in [0.717, 1.165) is 62.9 Å². The van der Waals surface area contributed by atoms with Gasteiger partial charge in [-0.25, -0.2) is 0 Å². The van der Waals surface area contributed by atoms with Gasteiger partial charge < -0.3 is 9.64 Å². The molecule has 1 fully saturated rings. The summed E-state index contributed by atoms with van der Waals surface area (Å²) < 4.78 is 7.26. The van der Waals surface area contributed by atoms with Crippen LogP contribution in [0.3, 0.4) is 0 Å². The van der Waals surface area contributed by atoms with Crippen LogP contribution in [-0.2, 0) is 11.3 Å². The Morgan fingerprint density at radius 3 is 2.77 bits per heavy atom. The van der Waals surface area contributed by atoms with Gasteiger partial charge in [0.15, 0.2) is 0 Å². The molecule has 142 valence electrons. The topological polar surface area (TPSA) is 79.3 Å². The average molecular weight is 360 g/mol. The lowest BCUT2D eigenvalue weighted by molar-refractivity contribution is 0.0361. The van der Waals surface area contributed by atoms with Gasteiger partial charge >= 0.3 is 0 Å². The Hall–Kier alpha value is -2.19. The number of rotatable bonds is 7. The van der Waals surface area contributed by atoms with Crippen molar-refractivity contribution in [3.8, 4) is 0 Å². The highest BCUT2D eigenvalue weighted by Gasteiger charge is 2.17. The zero-order chi connectivity index (χ0) is 18.5. The van der Waals surface area contributed by atoms with E-state index in [1.165, 1.54) is 0 Å². The van der Waals surface area contributed by atoms with Gasteiger partial charge in [0.05, 0.1) is 31.1 Å². The lowest BCUT2D eigenvalue weighted by Crippen LogP contribution is -2.38. The van der Waals surface area contributed by atoms with Crippen molar-refractivity contribution in [2.45, 2.75) is 26.8 Å². The molecule has 26 heavy (non-hydrogen) atoms. The van der Waals surface area contributed by atoms with Gasteiger partial charge in [0.2, 0.25) is 0 Å². The van der Waals surface area contributed by atoms with Crippen LogP contribution in [0.2, 0.25) is 0 Å². The van der Waals surface area contributed by atoms with Crippen molar-refractivity contribution >= 4 is 5.91 Å². The van der Waals surface area contributed by atoms with Crippen LogP contribution < -0.4 is 0 Å². The highest BCUT2D eigenvalue weighted by Crippen LogP contribution is 2.09. The highest BCUT2D eigenvalue weighted by molar-refractivity contribution is 5.92. The van der Waals surface area contributed by atoms with Gasteiger partial charge in [-0.3, -0.25) is 19.5 Å². The van der Waals surface area contributed by atoms with E-state index in [0.29, 0.717) is 12.2 Å². The van der Waals surface area contributed by atoms with Crippen LogP contribution in [0.25, 0.3) is 0 Å². The van der Waals surface area contributed by atoms with Gasteiger partial charge in [-0.05, 0) is 32.4 Å². The van der Waals surface area contributed by atoms with Crippen LogP contribution in [0.1, 0.15) is 34.0 Å². The molecular weight excluding hydrogens is 332 g/mol. The second-order valence-corrected chi connectivity index (χ2v) is 6.90. The van der Waals surface area contributed by atoms with Crippen molar-refractivity contribution in [3.63, 3.8) is 0 Å². The van der Waals surface area contributed by atoms with E-state index < -0.39 is 0 Å². The maximum atomic E-state index is 12.6. The monoisotopic (exact) mass is 360 g/mol. The predicted octanol–water partition coefficient (Wildman–Crippen LogP) is 1.07. The van der Waals surface area contributed by atoms with Crippen molar-refractivity contribution in [1.29, 1.82) is 0 Å². The molecule has 3 heterocycles. The van der Waals surface area contributed by atoms with Crippen molar-refractivity contribution in [2.24, 2.45) is 0 Å². The van der Waals surface area contributed by atoms with Crippen molar-refractivity contribution < 1.29 is 9.53 Å². The van der Waals surface area contributed by atoms with Crippen molar-refractivity contribution in [2.75, 3.05) is 46.4 Å². The molecule has 0 atom stereocenters. The number of ether oxygens (including phenoxy) is 1. The average Bonchev–Trinajstić information content (AvgIpc) is 3.21. The fourth-order valence-electron chi connectivity index (χ4n) is 3.20. The number of amides is 1. The number of aromatic amines is 1. The first-order chi connectivity index (χ1) is 12.5. The number of aromatic nitrogens is 4. The minimum atomic E-state index is -0.0529. The molecule has 0 spiro atoms. The standard InChI is InChI=1S/C18H28N6O2/c1-14-11-15(2)24(21-14)13-16-12-17(20-19-16)18(25)22(3)5-4-6-23-7-9-26-10-8-23/h11-12H,4-10,13H2,1-3H3,(H,19,20). The molecule has 0 aliphatic carbocycles. The van der Waals surface area contributed by atoms with Gasteiger partial charge in [0.25, 0.3) is 5.91 Å². The highest BCUT2D eigenvalue weighted by atomic mass is 16.5. The number of hydrogen-bond acceptors (Lipinski definition) is 5. The molecule has 8 nitrogen and oxygen atoms in total. The maximum absolute atomic E-state index is 12.6. The number of nitrogens with one attached hydrogen (secondary N) is 1. The van der Waals surface area contributed by atoms with E-state index in [1.807, 2.05) is 37.7 Å². The Morgan fingerprint density at radius 1 is 1.31 bits per heavy atom. The second-order valence-electron chi connectivity index (χ2n) is 6.90.